The average Bonchev–Trinajstić information content (AvgIpc) is 2.47. The highest BCUT2D eigenvalue weighted by Gasteiger charge is 2.14. The number of carbonyl (C=O) groups is 2. The van der Waals surface area contributed by atoms with Crippen molar-refractivity contribution in [1.82, 2.24) is 5.32 Å². The van der Waals surface area contributed by atoms with Crippen LogP contribution in [0.15, 0.2) is 30.4 Å². The first-order chi connectivity index (χ1) is 11.2. The Morgan fingerprint density at radius 1 is 1.25 bits per heavy atom. The molecule has 0 aromatic heterocycles. The van der Waals surface area contributed by atoms with E-state index in [1.54, 1.807) is 39.0 Å². The summed E-state index contributed by atoms with van der Waals surface area (Å²) in [7, 11) is 1.52. The number of aliphatic carboxylic acids is 1. The number of carbonyl (C=O) groups excluding carboxylic acids is 1. The van der Waals surface area contributed by atoms with Gasteiger partial charge in [0.25, 0.3) is 0 Å². The number of rotatable bonds is 6. The van der Waals surface area contributed by atoms with E-state index >= 15 is 0 Å². The zero-order chi connectivity index (χ0) is 18.2. The largest absolute Gasteiger partial charge is 0.496 e. The van der Waals surface area contributed by atoms with Crippen LogP contribution in [0.1, 0.15) is 31.9 Å². The van der Waals surface area contributed by atoms with Gasteiger partial charge in [0.05, 0.1) is 7.11 Å². The molecule has 1 rings (SSSR count). The molecule has 6 nitrogen and oxygen atoms in total. The van der Waals surface area contributed by atoms with E-state index in [1.807, 2.05) is 12.1 Å². The number of hydrogen-bond donors (Lipinski definition) is 2. The van der Waals surface area contributed by atoms with Crippen molar-refractivity contribution in [1.29, 1.82) is 0 Å². The van der Waals surface area contributed by atoms with Crippen molar-refractivity contribution in [2.75, 3.05) is 13.7 Å². The molecular formula is C18H23NO5. The quantitative estimate of drug-likeness (QED) is 0.780. The highest BCUT2D eigenvalue weighted by molar-refractivity contribution is 5.86. The molecule has 0 spiro atoms. The lowest BCUT2D eigenvalue weighted by molar-refractivity contribution is -0.131. The summed E-state index contributed by atoms with van der Waals surface area (Å²) < 4.78 is 10.3. The molecule has 0 aliphatic carbocycles. The third-order valence-corrected chi connectivity index (χ3v) is 2.73. The topological polar surface area (TPSA) is 84.9 Å². The lowest BCUT2D eigenvalue weighted by Crippen LogP contribution is -2.32. The van der Waals surface area contributed by atoms with Crippen molar-refractivity contribution in [3.8, 4) is 5.75 Å². The number of amides is 1. The number of benzene rings is 1. The fraction of sp³-hybridized carbons (Fsp3) is 0.333. The van der Waals surface area contributed by atoms with Crippen LogP contribution in [0.4, 0.5) is 4.79 Å². The minimum atomic E-state index is -1.03. The zero-order valence-corrected chi connectivity index (χ0v) is 14.3. The minimum Gasteiger partial charge on any atom is -0.496 e. The van der Waals surface area contributed by atoms with Crippen molar-refractivity contribution in [2.45, 2.75) is 26.4 Å². The van der Waals surface area contributed by atoms with Gasteiger partial charge >= 0.3 is 12.1 Å². The van der Waals surface area contributed by atoms with E-state index in [0.717, 1.165) is 11.6 Å². The van der Waals surface area contributed by atoms with E-state index in [9.17, 15) is 9.59 Å². The second-order valence-electron chi connectivity index (χ2n) is 5.96. The van der Waals surface area contributed by atoms with Gasteiger partial charge in [-0.05, 0) is 44.5 Å². The number of nitrogens with one attached hydrogen (secondary N) is 1. The van der Waals surface area contributed by atoms with Crippen molar-refractivity contribution in [3.05, 3.63) is 41.5 Å². The fourth-order valence-corrected chi connectivity index (χ4v) is 1.80. The normalized spacial score (nSPS) is 11.7. The van der Waals surface area contributed by atoms with E-state index in [1.165, 1.54) is 13.2 Å². The molecule has 1 aromatic rings. The molecule has 2 N–H and O–H groups in total. The monoisotopic (exact) mass is 333 g/mol. The van der Waals surface area contributed by atoms with Gasteiger partial charge in [-0.3, -0.25) is 0 Å². The summed E-state index contributed by atoms with van der Waals surface area (Å²) in [5.41, 5.74) is 0.976. The minimum absolute atomic E-state index is 0.321. The zero-order valence-electron chi connectivity index (χ0n) is 14.3. The Kier molecular flexibility index (Phi) is 7.04. The van der Waals surface area contributed by atoms with Crippen LogP contribution in [-0.2, 0) is 9.53 Å². The molecule has 0 fully saturated rings. The molecule has 0 saturated carbocycles. The van der Waals surface area contributed by atoms with Crippen LogP contribution in [0, 0.1) is 0 Å². The first kappa shape index (κ1) is 19.3. The SMILES string of the molecule is COc1ccc(C=CCNC(=O)OC(C)(C)C)cc1/C=C/C(=O)O. The summed E-state index contributed by atoms with van der Waals surface area (Å²) in [5.74, 6) is -0.448. The molecule has 0 aliphatic rings. The van der Waals surface area contributed by atoms with Gasteiger partial charge in [0.15, 0.2) is 0 Å². The van der Waals surface area contributed by atoms with Gasteiger partial charge in [0, 0.05) is 18.2 Å². The molecule has 130 valence electrons. The smallest absolute Gasteiger partial charge is 0.407 e. The molecule has 0 radical (unpaired) electrons. The number of ether oxygens (including phenoxy) is 2. The van der Waals surface area contributed by atoms with Crippen molar-refractivity contribution < 1.29 is 24.2 Å². The number of alkyl carbamates (subject to hydrolysis) is 1. The summed E-state index contributed by atoms with van der Waals surface area (Å²) in [4.78, 5) is 22.1. The summed E-state index contributed by atoms with van der Waals surface area (Å²) in [6.07, 6.45) is 5.63. The first-order valence-corrected chi connectivity index (χ1v) is 7.44. The Morgan fingerprint density at radius 2 is 1.96 bits per heavy atom. The fourth-order valence-electron chi connectivity index (χ4n) is 1.80. The molecule has 24 heavy (non-hydrogen) atoms. The Morgan fingerprint density at radius 3 is 2.54 bits per heavy atom. The molecule has 0 unspecified atom stereocenters. The van der Waals surface area contributed by atoms with Gasteiger partial charge in [-0.2, -0.15) is 0 Å². The Balaban J connectivity index is 2.69. The van der Waals surface area contributed by atoms with E-state index < -0.39 is 17.7 Å². The van der Waals surface area contributed by atoms with E-state index in [2.05, 4.69) is 5.32 Å². The second-order valence-corrected chi connectivity index (χ2v) is 5.96. The van der Waals surface area contributed by atoms with Gasteiger partial charge in [0.1, 0.15) is 11.4 Å². The van der Waals surface area contributed by atoms with Crippen LogP contribution in [0.5, 0.6) is 5.75 Å². The molecule has 0 saturated heterocycles. The Bertz CT molecular complexity index is 641. The lowest BCUT2D eigenvalue weighted by Gasteiger charge is -2.19. The van der Waals surface area contributed by atoms with Crippen molar-refractivity contribution >= 4 is 24.2 Å². The number of methoxy groups -OCH3 is 1. The number of carboxylic acids is 1. The van der Waals surface area contributed by atoms with Crippen LogP contribution in [0.3, 0.4) is 0 Å². The van der Waals surface area contributed by atoms with Crippen LogP contribution in [-0.4, -0.2) is 36.4 Å². The highest BCUT2D eigenvalue weighted by Crippen LogP contribution is 2.22. The first-order valence-electron chi connectivity index (χ1n) is 7.44. The molecular weight excluding hydrogens is 310 g/mol. The molecule has 0 bridgehead atoms. The third kappa shape index (κ3) is 7.49. The van der Waals surface area contributed by atoms with E-state index in [-0.39, 0.29) is 0 Å². The predicted octanol–water partition coefficient (Wildman–Crippen LogP) is 3.33. The second kappa shape index (κ2) is 8.76. The van der Waals surface area contributed by atoms with Gasteiger partial charge in [-0.15, -0.1) is 0 Å². The van der Waals surface area contributed by atoms with Gasteiger partial charge < -0.3 is 19.9 Å². The molecule has 0 aliphatic heterocycles. The maximum Gasteiger partial charge on any atom is 0.407 e. The Hall–Kier alpha value is -2.76. The summed E-state index contributed by atoms with van der Waals surface area (Å²) in [5, 5.41) is 11.3. The lowest BCUT2D eigenvalue weighted by atomic mass is 10.1. The van der Waals surface area contributed by atoms with Crippen molar-refractivity contribution in [3.63, 3.8) is 0 Å². The van der Waals surface area contributed by atoms with Crippen molar-refractivity contribution in [2.24, 2.45) is 0 Å². The molecule has 1 aromatic carbocycles. The summed E-state index contributed by atoms with van der Waals surface area (Å²) in [6.45, 7) is 5.71. The summed E-state index contributed by atoms with van der Waals surface area (Å²) >= 11 is 0. The average molecular weight is 333 g/mol. The third-order valence-electron chi connectivity index (χ3n) is 2.73. The predicted molar refractivity (Wildman–Crippen MR) is 92.9 cm³/mol. The van der Waals surface area contributed by atoms with Crippen LogP contribution < -0.4 is 10.1 Å². The van der Waals surface area contributed by atoms with Crippen LogP contribution in [0.25, 0.3) is 12.2 Å². The van der Waals surface area contributed by atoms with E-state index in [0.29, 0.717) is 17.9 Å². The Labute approximate surface area is 141 Å². The summed E-state index contributed by atoms with van der Waals surface area (Å²) in [6, 6.07) is 5.38. The highest BCUT2D eigenvalue weighted by atomic mass is 16.6. The number of hydrogen-bond acceptors (Lipinski definition) is 4. The molecule has 0 atom stereocenters. The standard InChI is InChI=1S/C18H23NO5/c1-18(2,3)24-17(22)19-11-5-6-13-7-9-15(23-4)14(12-13)8-10-16(20)21/h5-10,12H,11H2,1-4H3,(H,19,22)(H,20,21)/b6-5?,10-8+. The number of carboxylic acid groups (broad SMARTS) is 1. The van der Waals surface area contributed by atoms with Gasteiger partial charge in [-0.1, -0.05) is 18.2 Å². The molecule has 0 heterocycles. The maximum atomic E-state index is 11.5. The van der Waals surface area contributed by atoms with Crippen LogP contribution in [0.2, 0.25) is 0 Å². The maximum absolute atomic E-state index is 11.5. The van der Waals surface area contributed by atoms with Gasteiger partial charge in [0.2, 0.25) is 0 Å². The van der Waals surface area contributed by atoms with Gasteiger partial charge in [-0.25, -0.2) is 9.59 Å². The van der Waals surface area contributed by atoms with Crippen LogP contribution >= 0.6 is 0 Å². The molecule has 1 amide bonds. The molecule has 6 heteroatoms. The van der Waals surface area contributed by atoms with E-state index in [4.69, 9.17) is 14.6 Å².